The molecule has 1 aliphatic rings. The Morgan fingerprint density at radius 3 is 2.70 bits per heavy atom. The first-order valence-corrected chi connectivity index (χ1v) is 10.4. The summed E-state index contributed by atoms with van der Waals surface area (Å²) in [6.07, 6.45) is 4.17. The summed E-state index contributed by atoms with van der Waals surface area (Å²) < 4.78 is 5.83. The molecule has 2 aromatic rings. The largest absolute Gasteiger partial charge is 0.489 e. The molecule has 5 nitrogen and oxygen atoms in total. The molecule has 0 unspecified atom stereocenters. The SMILES string of the molecule is CC(C)=CCN1CCC(NC(=O)c2cccc(OCc3ccccc3C#N)c2)CC1. The summed E-state index contributed by atoms with van der Waals surface area (Å²) in [6.45, 7) is 7.50. The smallest absolute Gasteiger partial charge is 0.251 e. The minimum absolute atomic E-state index is 0.0689. The predicted octanol–water partition coefficient (Wildman–Crippen LogP) is 4.30. The molecular formula is C25H29N3O2. The highest BCUT2D eigenvalue weighted by molar-refractivity contribution is 5.94. The van der Waals surface area contributed by atoms with Crippen molar-refractivity contribution in [2.75, 3.05) is 19.6 Å². The molecule has 0 bridgehead atoms. The molecule has 156 valence electrons. The van der Waals surface area contributed by atoms with Gasteiger partial charge in [-0.25, -0.2) is 0 Å². The fourth-order valence-corrected chi connectivity index (χ4v) is 3.48. The van der Waals surface area contributed by atoms with E-state index < -0.39 is 0 Å². The Labute approximate surface area is 179 Å². The van der Waals surface area contributed by atoms with Crippen LogP contribution in [0.4, 0.5) is 0 Å². The number of hydrogen-bond donors (Lipinski definition) is 1. The Bertz CT molecular complexity index is 933. The molecule has 1 amide bonds. The van der Waals surface area contributed by atoms with Gasteiger partial charge in [0, 0.05) is 36.8 Å². The van der Waals surface area contributed by atoms with Gasteiger partial charge in [0.1, 0.15) is 12.4 Å². The van der Waals surface area contributed by atoms with E-state index in [0.717, 1.165) is 38.0 Å². The van der Waals surface area contributed by atoms with Gasteiger partial charge in [-0.05, 0) is 51.0 Å². The van der Waals surface area contributed by atoms with E-state index in [4.69, 9.17) is 4.74 Å². The summed E-state index contributed by atoms with van der Waals surface area (Å²) in [4.78, 5) is 15.1. The third-order valence-electron chi connectivity index (χ3n) is 5.31. The van der Waals surface area contributed by atoms with E-state index in [1.807, 2.05) is 30.3 Å². The zero-order chi connectivity index (χ0) is 21.3. The zero-order valence-electron chi connectivity index (χ0n) is 17.7. The molecule has 1 aliphatic heterocycles. The van der Waals surface area contributed by atoms with Gasteiger partial charge in [0.2, 0.25) is 0 Å². The maximum absolute atomic E-state index is 12.7. The number of ether oxygens (including phenoxy) is 1. The van der Waals surface area contributed by atoms with Crippen molar-refractivity contribution in [3.63, 3.8) is 0 Å². The van der Waals surface area contributed by atoms with Crippen LogP contribution in [0.25, 0.3) is 0 Å². The van der Waals surface area contributed by atoms with Crippen LogP contribution in [-0.2, 0) is 6.61 Å². The van der Waals surface area contributed by atoms with E-state index in [1.165, 1.54) is 5.57 Å². The van der Waals surface area contributed by atoms with Gasteiger partial charge in [0.25, 0.3) is 5.91 Å². The molecule has 2 aromatic carbocycles. The monoisotopic (exact) mass is 403 g/mol. The summed E-state index contributed by atoms with van der Waals surface area (Å²) >= 11 is 0. The van der Waals surface area contributed by atoms with Crippen molar-refractivity contribution >= 4 is 5.91 Å². The number of carbonyl (C=O) groups excluding carboxylic acids is 1. The summed E-state index contributed by atoms with van der Waals surface area (Å²) in [5.41, 5.74) is 3.36. The zero-order valence-corrected chi connectivity index (χ0v) is 17.7. The van der Waals surface area contributed by atoms with Crippen LogP contribution in [0, 0.1) is 11.3 Å². The highest BCUT2D eigenvalue weighted by Crippen LogP contribution is 2.18. The highest BCUT2D eigenvalue weighted by Gasteiger charge is 2.20. The number of likely N-dealkylation sites (tertiary alicyclic amines) is 1. The normalized spacial score (nSPS) is 14.6. The third kappa shape index (κ3) is 6.20. The van der Waals surface area contributed by atoms with E-state index in [1.54, 1.807) is 18.2 Å². The molecular weight excluding hydrogens is 374 g/mol. The van der Waals surface area contributed by atoms with Crippen LogP contribution in [0.5, 0.6) is 5.75 Å². The number of benzene rings is 2. The number of allylic oxidation sites excluding steroid dienone is 1. The van der Waals surface area contributed by atoms with Crippen LogP contribution in [0.15, 0.2) is 60.2 Å². The van der Waals surface area contributed by atoms with E-state index in [-0.39, 0.29) is 11.9 Å². The van der Waals surface area contributed by atoms with Gasteiger partial charge in [-0.2, -0.15) is 5.26 Å². The second kappa shape index (κ2) is 10.6. The lowest BCUT2D eigenvalue weighted by Gasteiger charge is -2.31. The van der Waals surface area contributed by atoms with E-state index >= 15 is 0 Å². The van der Waals surface area contributed by atoms with E-state index in [2.05, 4.69) is 36.2 Å². The van der Waals surface area contributed by atoms with Crippen LogP contribution in [-0.4, -0.2) is 36.5 Å². The number of hydrogen-bond acceptors (Lipinski definition) is 4. The van der Waals surface area contributed by atoms with Gasteiger partial charge < -0.3 is 10.1 Å². The predicted molar refractivity (Wildman–Crippen MR) is 118 cm³/mol. The average molecular weight is 404 g/mol. The quantitative estimate of drug-likeness (QED) is 0.700. The van der Waals surface area contributed by atoms with Crippen molar-refractivity contribution in [3.8, 4) is 11.8 Å². The molecule has 1 N–H and O–H groups in total. The lowest BCUT2D eigenvalue weighted by Crippen LogP contribution is -2.44. The summed E-state index contributed by atoms with van der Waals surface area (Å²) in [7, 11) is 0. The van der Waals surface area contributed by atoms with Crippen LogP contribution < -0.4 is 10.1 Å². The van der Waals surface area contributed by atoms with Gasteiger partial charge in [-0.15, -0.1) is 0 Å². The Hall–Kier alpha value is -3.10. The molecule has 0 aromatic heterocycles. The Balaban J connectivity index is 1.52. The first-order chi connectivity index (χ1) is 14.5. The van der Waals surface area contributed by atoms with Crippen molar-refractivity contribution in [1.29, 1.82) is 5.26 Å². The summed E-state index contributed by atoms with van der Waals surface area (Å²) in [6, 6.07) is 16.9. The fourth-order valence-electron chi connectivity index (χ4n) is 3.48. The molecule has 0 atom stereocenters. The number of piperidine rings is 1. The maximum Gasteiger partial charge on any atom is 0.251 e. The second-order valence-corrected chi connectivity index (χ2v) is 7.92. The molecule has 1 saturated heterocycles. The summed E-state index contributed by atoms with van der Waals surface area (Å²) in [5, 5.41) is 12.4. The van der Waals surface area contributed by atoms with Gasteiger partial charge in [-0.3, -0.25) is 9.69 Å². The van der Waals surface area contributed by atoms with E-state index in [0.29, 0.717) is 23.5 Å². The number of carbonyl (C=O) groups is 1. The van der Waals surface area contributed by atoms with Gasteiger partial charge in [0.15, 0.2) is 0 Å². The number of rotatable bonds is 7. The Kier molecular flexibility index (Phi) is 7.64. The molecule has 0 spiro atoms. The molecule has 0 saturated carbocycles. The van der Waals surface area contributed by atoms with Gasteiger partial charge >= 0.3 is 0 Å². The molecule has 1 fully saturated rings. The Morgan fingerprint density at radius 1 is 1.20 bits per heavy atom. The van der Waals surface area contributed by atoms with Gasteiger partial charge in [-0.1, -0.05) is 35.9 Å². The molecule has 0 radical (unpaired) electrons. The minimum Gasteiger partial charge on any atom is -0.489 e. The number of nitrogens with one attached hydrogen (secondary N) is 1. The molecule has 3 rings (SSSR count). The topological polar surface area (TPSA) is 65.4 Å². The molecule has 1 heterocycles. The van der Waals surface area contributed by atoms with Crippen molar-refractivity contribution in [3.05, 3.63) is 76.9 Å². The first kappa shape index (κ1) is 21.6. The van der Waals surface area contributed by atoms with Crippen LogP contribution >= 0.6 is 0 Å². The van der Waals surface area contributed by atoms with Crippen LogP contribution in [0.2, 0.25) is 0 Å². The number of nitrogens with zero attached hydrogens (tertiary/aromatic N) is 2. The maximum atomic E-state index is 12.7. The Morgan fingerprint density at radius 2 is 1.97 bits per heavy atom. The second-order valence-electron chi connectivity index (χ2n) is 7.92. The molecule has 0 aliphatic carbocycles. The minimum atomic E-state index is -0.0689. The van der Waals surface area contributed by atoms with Crippen LogP contribution in [0.1, 0.15) is 48.2 Å². The lowest BCUT2D eigenvalue weighted by atomic mass is 10.0. The summed E-state index contributed by atoms with van der Waals surface area (Å²) in [5.74, 6) is 0.549. The lowest BCUT2D eigenvalue weighted by molar-refractivity contribution is 0.0913. The number of nitriles is 1. The van der Waals surface area contributed by atoms with Crippen molar-refractivity contribution in [2.24, 2.45) is 0 Å². The molecule has 30 heavy (non-hydrogen) atoms. The van der Waals surface area contributed by atoms with Crippen molar-refractivity contribution in [1.82, 2.24) is 10.2 Å². The van der Waals surface area contributed by atoms with Crippen LogP contribution in [0.3, 0.4) is 0 Å². The number of amides is 1. The standard InChI is InChI=1S/C25H29N3O2/c1-19(2)10-13-28-14-11-23(12-15-28)27-25(29)20-8-5-9-24(16-20)30-18-22-7-4-3-6-21(22)17-26/h3-10,16,23H,11-15,18H2,1-2H3,(H,27,29). The average Bonchev–Trinajstić information content (AvgIpc) is 2.77. The third-order valence-corrected chi connectivity index (χ3v) is 5.31. The highest BCUT2D eigenvalue weighted by atomic mass is 16.5. The first-order valence-electron chi connectivity index (χ1n) is 10.4. The van der Waals surface area contributed by atoms with E-state index in [9.17, 15) is 10.1 Å². The van der Waals surface area contributed by atoms with Crippen molar-refractivity contribution < 1.29 is 9.53 Å². The fraction of sp³-hybridized carbons (Fsp3) is 0.360. The van der Waals surface area contributed by atoms with Gasteiger partial charge in [0.05, 0.1) is 11.6 Å². The van der Waals surface area contributed by atoms with Crippen molar-refractivity contribution in [2.45, 2.75) is 39.3 Å². The molecule has 5 heteroatoms.